The van der Waals surface area contributed by atoms with E-state index >= 15 is 0 Å². The lowest BCUT2D eigenvalue weighted by atomic mass is 9.78. The van der Waals surface area contributed by atoms with E-state index in [1.54, 1.807) is 0 Å². The molecule has 0 amide bonds. The first-order valence-electron chi connectivity index (χ1n) is 9.27. The van der Waals surface area contributed by atoms with E-state index in [-0.39, 0.29) is 5.92 Å². The summed E-state index contributed by atoms with van der Waals surface area (Å²) in [5.74, 6) is 6.46. The van der Waals surface area contributed by atoms with Gasteiger partial charge in [-0.1, -0.05) is 30.2 Å². The van der Waals surface area contributed by atoms with Crippen LogP contribution in [-0.2, 0) is 13.0 Å². The van der Waals surface area contributed by atoms with Gasteiger partial charge in [-0.05, 0) is 48.9 Å². The Hall–Kier alpha value is -2.19. The summed E-state index contributed by atoms with van der Waals surface area (Å²) in [7, 11) is 0. The second kappa shape index (κ2) is 7.20. The van der Waals surface area contributed by atoms with Crippen molar-refractivity contribution in [3.63, 3.8) is 0 Å². The number of hydrogen-bond acceptors (Lipinski definition) is 4. The summed E-state index contributed by atoms with van der Waals surface area (Å²) >= 11 is 0. The monoisotopic (exact) mass is 348 g/mol. The molecular weight excluding hydrogens is 324 g/mol. The predicted molar refractivity (Wildman–Crippen MR) is 100 cm³/mol. The van der Waals surface area contributed by atoms with Crippen molar-refractivity contribution in [3.05, 3.63) is 64.5 Å². The van der Waals surface area contributed by atoms with Crippen molar-refractivity contribution in [2.24, 2.45) is 5.92 Å². The largest absolute Gasteiger partial charge is 0.368 e. The normalized spacial score (nSPS) is 22.3. The second-order valence-corrected chi connectivity index (χ2v) is 7.39. The molecule has 1 aliphatic heterocycles. The van der Waals surface area contributed by atoms with E-state index in [1.165, 1.54) is 11.1 Å². The maximum Gasteiger partial charge on any atom is 0.154 e. The lowest BCUT2D eigenvalue weighted by molar-refractivity contribution is -0.127. The molecule has 0 atom stereocenters. The minimum absolute atomic E-state index is 0.0404. The van der Waals surface area contributed by atoms with Crippen LogP contribution >= 0.6 is 0 Å². The van der Waals surface area contributed by atoms with Gasteiger partial charge in [-0.2, -0.15) is 0 Å². The van der Waals surface area contributed by atoms with Crippen LogP contribution in [0, 0.1) is 24.7 Å². The topological polar surface area (TPSA) is 56.6 Å². The van der Waals surface area contributed by atoms with Crippen molar-refractivity contribution < 1.29 is 10.2 Å². The highest BCUT2D eigenvalue weighted by Crippen LogP contribution is 2.35. The fourth-order valence-corrected chi connectivity index (χ4v) is 3.84. The van der Waals surface area contributed by atoms with Gasteiger partial charge < -0.3 is 10.2 Å². The minimum atomic E-state index is -1.17. The number of nitrogens with zero attached hydrogens (tertiary/aromatic N) is 2. The molecule has 26 heavy (non-hydrogen) atoms. The maximum atomic E-state index is 9.24. The van der Waals surface area contributed by atoms with Gasteiger partial charge in [0.1, 0.15) is 5.69 Å². The Balaban J connectivity index is 1.44. The number of fused-ring (bicyclic) bond motifs is 1. The van der Waals surface area contributed by atoms with Crippen molar-refractivity contribution in [1.82, 2.24) is 9.88 Å². The Labute approximate surface area is 154 Å². The van der Waals surface area contributed by atoms with Crippen LogP contribution in [0.1, 0.15) is 40.9 Å². The molecule has 2 aliphatic rings. The molecule has 0 spiro atoms. The van der Waals surface area contributed by atoms with Crippen LogP contribution in [0.4, 0.5) is 0 Å². The van der Waals surface area contributed by atoms with Crippen LogP contribution in [0.15, 0.2) is 36.4 Å². The molecule has 4 rings (SSSR count). The lowest BCUT2D eigenvalue weighted by Gasteiger charge is -2.45. The molecule has 2 N–H and O–H groups in total. The third-order valence-electron chi connectivity index (χ3n) is 5.64. The first-order chi connectivity index (χ1) is 12.6. The van der Waals surface area contributed by atoms with Crippen molar-refractivity contribution in [2.45, 2.75) is 45.1 Å². The zero-order chi connectivity index (χ0) is 18.1. The zero-order valence-electron chi connectivity index (χ0n) is 15.0. The van der Waals surface area contributed by atoms with E-state index in [1.807, 2.05) is 24.3 Å². The molecular formula is C22H24N2O2. The summed E-state index contributed by atoms with van der Waals surface area (Å²) in [6, 6.07) is 12.8. The fraction of sp³-hybridized carbons (Fsp3) is 0.409. The number of pyridine rings is 1. The molecule has 1 aliphatic carbocycles. The summed E-state index contributed by atoms with van der Waals surface area (Å²) in [5, 5.41) is 18.5. The van der Waals surface area contributed by atoms with Crippen LogP contribution < -0.4 is 0 Å². The third-order valence-corrected chi connectivity index (χ3v) is 5.64. The van der Waals surface area contributed by atoms with Crippen molar-refractivity contribution in [2.75, 3.05) is 6.54 Å². The number of rotatable bonds is 2. The molecule has 2 aromatic rings. The average molecular weight is 348 g/mol. The molecule has 134 valence electrons. The molecule has 0 saturated heterocycles. The summed E-state index contributed by atoms with van der Waals surface area (Å²) in [4.78, 5) is 7.20. The van der Waals surface area contributed by atoms with E-state index in [0.29, 0.717) is 6.04 Å². The predicted octanol–water partition coefficient (Wildman–Crippen LogP) is 2.24. The Bertz CT molecular complexity index is 860. The highest BCUT2D eigenvalue weighted by atomic mass is 16.5. The number of benzene rings is 1. The number of aliphatic hydroxyl groups is 2. The van der Waals surface area contributed by atoms with Crippen molar-refractivity contribution >= 4 is 0 Å². The maximum absolute atomic E-state index is 9.24. The van der Waals surface area contributed by atoms with Gasteiger partial charge in [-0.15, -0.1) is 0 Å². The molecule has 2 heterocycles. The molecule has 1 aromatic carbocycles. The summed E-state index contributed by atoms with van der Waals surface area (Å²) in [6.07, 6.45) is 1.51. The fourth-order valence-electron chi connectivity index (χ4n) is 3.84. The number of hydrogen-bond donors (Lipinski definition) is 2. The third kappa shape index (κ3) is 3.52. The van der Waals surface area contributed by atoms with Gasteiger partial charge in [0.25, 0.3) is 0 Å². The average Bonchev–Trinajstić information content (AvgIpc) is 2.59. The standard InChI is InChI=1S/C22H24N2O2/c1-15-4-2-3-5-16(15)6-8-19-9-7-17-14-24(11-10-21(17)23-19)20-12-18(13-20)22(25)26/h2-5,7,9,18,20,22,25-26H,10-14H2,1H3. The Morgan fingerprint density at radius 3 is 2.69 bits per heavy atom. The molecule has 1 aromatic heterocycles. The van der Waals surface area contributed by atoms with E-state index in [0.717, 1.165) is 49.3 Å². The van der Waals surface area contributed by atoms with Gasteiger partial charge in [0.15, 0.2) is 6.29 Å². The first kappa shape index (κ1) is 17.2. The van der Waals surface area contributed by atoms with Crippen molar-refractivity contribution in [1.29, 1.82) is 0 Å². The molecule has 0 radical (unpaired) electrons. The summed E-state index contributed by atoms with van der Waals surface area (Å²) in [5.41, 5.74) is 5.47. The number of aliphatic hydroxyl groups excluding tert-OH is 1. The van der Waals surface area contributed by atoms with Gasteiger partial charge in [-0.25, -0.2) is 4.98 Å². The highest BCUT2D eigenvalue weighted by molar-refractivity contribution is 5.45. The quantitative estimate of drug-likeness (QED) is 0.646. The SMILES string of the molecule is Cc1ccccc1C#Cc1ccc2c(n1)CCN(C1CC(C(O)O)C1)C2. The summed E-state index contributed by atoms with van der Waals surface area (Å²) in [6.45, 7) is 3.94. The van der Waals surface area contributed by atoms with E-state index in [4.69, 9.17) is 4.98 Å². The minimum Gasteiger partial charge on any atom is -0.368 e. The summed E-state index contributed by atoms with van der Waals surface area (Å²) < 4.78 is 0. The second-order valence-electron chi connectivity index (χ2n) is 7.39. The van der Waals surface area contributed by atoms with Gasteiger partial charge in [-0.3, -0.25) is 4.90 Å². The molecule has 0 unspecified atom stereocenters. The highest BCUT2D eigenvalue weighted by Gasteiger charge is 2.38. The van der Waals surface area contributed by atoms with E-state index in [2.05, 4.69) is 35.8 Å². The Morgan fingerprint density at radius 2 is 1.92 bits per heavy atom. The molecule has 0 bridgehead atoms. The molecule has 4 nitrogen and oxygen atoms in total. The van der Waals surface area contributed by atoms with Crippen LogP contribution in [0.5, 0.6) is 0 Å². The number of aryl methyl sites for hydroxylation is 1. The van der Waals surface area contributed by atoms with E-state index in [9.17, 15) is 10.2 Å². The van der Waals surface area contributed by atoms with Gasteiger partial charge in [0, 0.05) is 42.7 Å². The van der Waals surface area contributed by atoms with Crippen LogP contribution in [0.3, 0.4) is 0 Å². The van der Waals surface area contributed by atoms with Gasteiger partial charge in [0.2, 0.25) is 0 Å². The molecule has 4 heteroatoms. The Morgan fingerprint density at radius 1 is 1.12 bits per heavy atom. The van der Waals surface area contributed by atoms with Crippen LogP contribution in [0.25, 0.3) is 0 Å². The van der Waals surface area contributed by atoms with Crippen molar-refractivity contribution in [3.8, 4) is 11.8 Å². The first-order valence-corrected chi connectivity index (χ1v) is 9.27. The smallest absolute Gasteiger partial charge is 0.154 e. The van der Waals surface area contributed by atoms with Crippen LogP contribution in [-0.4, -0.2) is 39.0 Å². The van der Waals surface area contributed by atoms with E-state index < -0.39 is 6.29 Å². The number of aromatic nitrogens is 1. The Kier molecular flexibility index (Phi) is 4.78. The van der Waals surface area contributed by atoms with Gasteiger partial charge >= 0.3 is 0 Å². The molecule has 1 saturated carbocycles. The zero-order valence-corrected chi connectivity index (χ0v) is 15.0. The lowest BCUT2D eigenvalue weighted by Crippen LogP contribution is -2.49. The van der Waals surface area contributed by atoms with Gasteiger partial charge in [0.05, 0.1) is 0 Å². The van der Waals surface area contributed by atoms with Crippen LogP contribution in [0.2, 0.25) is 0 Å². The molecule has 1 fully saturated rings.